The third-order valence-electron chi connectivity index (χ3n) is 2.22. The molecule has 104 valence electrons. The maximum atomic E-state index is 11.4. The van der Waals surface area contributed by atoms with Gasteiger partial charge in [-0.15, -0.1) is 0 Å². The molecule has 0 atom stereocenters. The van der Waals surface area contributed by atoms with Crippen LogP contribution in [0, 0.1) is 0 Å². The molecule has 0 saturated carbocycles. The van der Waals surface area contributed by atoms with Crippen molar-refractivity contribution in [2.24, 2.45) is 0 Å². The molecule has 0 aliphatic carbocycles. The van der Waals surface area contributed by atoms with Gasteiger partial charge in [0.05, 0.1) is 0 Å². The molecule has 1 aromatic carbocycles. The fraction of sp³-hybridized carbons (Fsp3) is 0.467. The van der Waals surface area contributed by atoms with Crippen molar-refractivity contribution in [1.82, 2.24) is 0 Å². The molecule has 0 spiro atoms. The Balaban J connectivity index is 2.46. The molecule has 0 N–H and O–H groups in total. The zero-order chi connectivity index (χ0) is 14.5. The van der Waals surface area contributed by atoms with Gasteiger partial charge in [0.15, 0.2) is 0 Å². The highest BCUT2D eigenvalue weighted by molar-refractivity contribution is 5.78. The minimum absolute atomic E-state index is 0.123. The zero-order valence-corrected chi connectivity index (χ0v) is 11.9. The third kappa shape index (κ3) is 6.60. The lowest BCUT2D eigenvalue weighted by molar-refractivity contribution is -0.116. The van der Waals surface area contributed by atoms with Gasteiger partial charge in [-0.1, -0.05) is 24.3 Å². The normalized spacial score (nSPS) is 10.9. The van der Waals surface area contributed by atoms with Crippen LogP contribution in [0.1, 0.15) is 38.8 Å². The molecule has 0 aromatic heterocycles. The van der Waals surface area contributed by atoms with Crippen LogP contribution in [0.5, 0.6) is 0 Å². The molecule has 1 aromatic rings. The standard InChI is InChI=1S/C15H20O4/c1-11(16)9-12-5-7-13(8-6-12)10-18-14(17)19-15(2,3)4/h5-8H,9-10H2,1-4H3. The second-order valence-corrected chi connectivity index (χ2v) is 5.45. The van der Waals surface area contributed by atoms with Gasteiger partial charge in [0, 0.05) is 6.42 Å². The zero-order valence-electron chi connectivity index (χ0n) is 11.9. The Kier molecular flexibility index (Phi) is 5.10. The van der Waals surface area contributed by atoms with Crippen LogP contribution in [-0.4, -0.2) is 17.5 Å². The van der Waals surface area contributed by atoms with Gasteiger partial charge in [0.25, 0.3) is 0 Å². The van der Waals surface area contributed by atoms with E-state index in [-0.39, 0.29) is 12.4 Å². The molecule has 0 bridgehead atoms. The Morgan fingerprint density at radius 2 is 1.58 bits per heavy atom. The Hall–Kier alpha value is -1.84. The van der Waals surface area contributed by atoms with Gasteiger partial charge in [-0.05, 0) is 38.8 Å². The molecule has 0 aliphatic rings. The van der Waals surface area contributed by atoms with Gasteiger partial charge < -0.3 is 9.47 Å². The second-order valence-electron chi connectivity index (χ2n) is 5.45. The largest absolute Gasteiger partial charge is 0.509 e. The Labute approximate surface area is 113 Å². The van der Waals surface area contributed by atoms with E-state index in [2.05, 4.69) is 0 Å². The van der Waals surface area contributed by atoms with Gasteiger partial charge in [-0.3, -0.25) is 4.79 Å². The maximum absolute atomic E-state index is 11.4. The van der Waals surface area contributed by atoms with Gasteiger partial charge in [0.2, 0.25) is 0 Å². The molecule has 4 nitrogen and oxygen atoms in total. The average molecular weight is 264 g/mol. The van der Waals surface area contributed by atoms with Crippen LogP contribution in [0.15, 0.2) is 24.3 Å². The van der Waals surface area contributed by atoms with Gasteiger partial charge in [-0.2, -0.15) is 0 Å². The lowest BCUT2D eigenvalue weighted by Crippen LogP contribution is -2.24. The summed E-state index contributed by atoms with van der Waals surface area (Å²) in [6.07, 6.45) is -0.256. The summed E-state index contributed by atoms with van der Waals surface area (Å²) >= 11 is 0. The molecule has 0 amide bonds. The minimum Gasteiger partial charge on any atom is -0.429 e. The van der Waals surface area contributed by atoms with E-state index in [1.165, 1.54) is 0 Å². The van der Waals surface area contributed by atoms with Gasteiger partial charge in [-0.25, -0.2) is 4.79 Å². The molecule has 19 heavy (non-hydrogen) atoms. The summed E-state index contributed by atoms with van der Waals surface area (Å²) in [5.41, 5.74) is 1.26. The summed E-state index contributed by atoms with van der Waals surface area (Å²) in [6.45, 7) is 7.06. The predicted molar refractivity (Wildman–Crippen MR) is 71.9 cm³/mol. The van der Waals surface area contributed by atoms with Crippen LogP contribution in [0.25, 0.3) is 0 Å². The molecular weight excluding hydrogens is 244 g/mol. The smallest absolute Gasteiger partial charge is 0.429 e. The number of Topliss-reactive ketones (excluding diaryl/α,β-unsaturated/α-hetero) is 1. The topological polar surface area (TPSA) is 52.6 Å². The first-order valence-electron chi connectivity index (χ1n) is 6.19. The summed E-state index contributed by atoms with van der Waals surface area (Å²) in [5, 5.41) is 0. The quantitative estimate of drug-likeness (QED) is 0.783. The molecule has 4 heteroatoms. The first-order chi connectivity index (χ1) is 8.76. The molecule has 0 aliphatic heterocycles. The van der Waals surface area contributed by atoms with Crippen LogP contribution >= 0.6 is 0 Å². The summed E-state index contributed by atoms with van der Waals surface area (Å²) < 4.78 is 10.0. The van der Waals surface area contributed by atoms with Crippen LogP contribution < -0.4 is 0 Å². The summed E-state index contributed by atoms with van der Waals surface area (Å²) in [7, 11) is 0. The number of benzene rings is 1. The van der Waals surface area contributed by atoms with Gasteiger partial charge >= 0.3 is 6.16 Å². The third-order valence-corrected chi connectivity index (χ3v) is 2.22. The first-order valence-corrected chi connectivity index (χ1v) is 6.19. The number of hydrogen-bond donors (Lipinski definition) is 0. The monoisotopic (exact) mass is 264 g/mol. The number of ether oxygens (including phenoxy) is 2. The summed E-state index contributed by atoms with van der Waals surface area (Å²) in [5.74, 6) is 0.123. The van der Waals surface area contributed by atoms with Crippen LogP contribution in [-0.2, 0) is 27.3 Å². The maximum Gasteiger partial charge on any atom is 0.509 e. The minimum atomic E-state index is -0.680. The molecule has 0 radical (unpaired) electrons. The molecular formula is C15H20O4. The van der Waals surface area contributed by atoms with Crippen LogP contribution in [0.4, 0.5) is 4.79 Å². The Morgan fingerprint density at radius 3 is 2.05 bits per heavy atom. The van der Waals surface area contributed by atoms with E-state index < -0.39 is 11.8 Å². The van der Waals surface area contributed by atoms with E-state index in [0.717, 1.165) is 11.1 Å². The lowest BCUT2D eigenvalue weighted by Gasteiger charge is -2.18. The van der Waals surface area contributed by atoms with Crippen LogP contribution in [0.3, 0.4) is 0 Å². The van der Waals surface area contributed by atoms with E-state index in [1.54, 1.807) is 27.7 Å². The van der Waals surface area contributed by atoms with E-state index in [0.29, 0.717) is 6.42 Å². The first kappa shape index (κ1) is 15.2. The summed E-state index contributed by atoms with van der Waals surface area (Å²) in [4.78, 5) is 22.3. The number of carbonyl (C=O) groups excluding carboxylic acids is 2. The van der Waals surface area contributed by atoms with Crippen molar-refractivity contribution >= 4 is 11.9 Å². The molecule has 0 saturated heterocycles. The molecule has 0 unspecified atom stereocenters. The van der Waals surface area contributed by atoms with E-state index >= 15 is 0 Å². The van der Waals surface area contributed by atoms with Crippen molar-refractivity contribution in [3.8, 4) is 0 Å². The molecule has 1 rings (SSSR count). The van der Waals surface area contributed by atoms with Crippen molar-refractivity contribution in [3.63, 3.8) is 0 Å². The van der Waals surface area contributed by atoms with Crippen molar-refractivity contribution in [2.45, 2.75) is 46.3 Å². The lowest BCUT2D eigenvalue weighted by atomic mass is 10.1. The Bertz CT molecular complexity index is 440. The number of carbonyl (C=O) groups is 2. The molecule has 0 heterocycles. The Morgan fingerprint density at radius 1 is 1.05 bits per heavy atom. The van der Waals surface area contributed by atoms with Crippen molar-refractivity contribution in [1.29, 1.82) is 0 Å². The predicted octanol–water partition coefficient (Wildman–Crippen LogP) is 3.27. The van der Waals surface area contributed by atoms with Crippen molar-refractivity contribution < 1.29 is 19.1 Å². The number of rotatable bonds is 4. The average Bonchev–Trinajstić information content (AvgIpc) is 2.25. The van der Waals surface area contributed by atoms with Crippen molar-refractivity contribution in [3.05, 3.63) is 35.4 Å². The molecule has 0 fully saturated rings. The number of ketones is 1. The fourth-order valence-corrected chi connectivity index (χ4v) is 1.46. The van der Waals surface area contributed by atoms with E-state index in [9.17, 15) is 9.59 Å². The highest BCUT2D eigenvalue weighted by atomic mass is 16.7. The van der Waals surface area contributed by atoms with E-state index in [1.807, 2.05) is 24.3 Å². The van der Waals surface area contributed by atoms with E-state index in [4.69, 9.17) is 9.47 Å². The number of hydrogen-bond acceptors (Lipinski definition) is 4. The van der Waals surface area contributed by atoms with Gasteiger partial charge in [0.1, 0.15) is 18.0 Å². The summed E-state index contributed by atoms with van der Waals surface area (Å²) in [6, 6.07) is 7.38. The fourth-order valence-electron chi connectivity index (χ4n) is 1.46. The second kappa shape index (κ2) is 6.36. The van der Waals surface area contributed by atoms with Crippen molar-refractivity contribution in [2.75, 3.05) is 0 Å². The van der Waals surface area contributed by atoms with Crippen LogP contribution in [0.2, 0.25) is 0 Å². The highest BCUT2D eigenvalue weighted by Crippen LogP contribution is 2.11. The highest BCUT2D eigenvalue weighted by Gasteiger charge is 2.17. The SMILES string of the molecule is CC(=O)Cc1ccc(COC(=O)OC(C)(C)C)cc1.